The van der Waals surface area contributed by atoms with E-state index in [1.165, 1.54) is 71.3 Å². The summed E-state index contributed by atoms with van der Waals surface area (Å²) in [6.45, 7) is 3.31. The Morgan fingerprint density at radius 1 is 0.893 bits per heavy atom. The number of nitrogens with zero attached hydrogens (tertiary/aromatic N) is 1. The minimum Gasteiger partial charge on any atom is -0.468 e. The van der Waals surface area contributed by atoms with Crippen LogP contribution in [0.4, 0.5) is 0 Å². The highest BCUT2D eigenvalue weighted by molar-refractivity contribution is 5.87. The molecule has 2 atom stereocenters. The zero-order chi connectivity index (χ0) is 21.2. The molecule has 0 saturated heterocycles. The van der Waals surface area contributed by atoms with Crippen LogP contribution in [0.3, 0.4) is 0 Å². The third-order valence-electron chi connectivity index (χ3n) is 5.14. The Labute approximate surface area is 172 Å². The van der Waals surface area contributed by atoms with Crippen LogP contribution in [0.2, 0.25) is 0 Å². The molecule has 6 heteroatoms. The second-order valence-electron chi connectivity index (χ2n) is 8.10. The molecule has 0 aromatic rings. The van der Waals surface area contributed by atoms with Crippen molar-refractivity contribution in [2.24, 2.45) is 11.7 Å². The molecule has 0 saturated carbocycles. The number of methoxy groups -OCH3 is 1. The van der Waals surface area contributed by atoms with Gasteiger partial charge in [-0.2, -0.15) is 0 Å². The van der Waals surface area contributed by atoms with Crippen LogP contribution in [-0.2, 0) is 14.3 Å². The summed E-state index contributed by atoms with van der Waals surface area (Å²) in [5.74, 6) is -1.32. The minimum absolute atomic E-state index is 0.172. The van der Waals surface area contributed by atoms with Gasteiger partial charge in [-0.05, 0) is 20.5 Å². The number of hydrogen-bond donors (Lipinski definition) is 2. The second-order valence-corrected chi connectivity index (χ2v) is 8.10. The maximum Gasteiger partial charge on any atom is 0.323 e. The van der Waals surface area contributed by atoms with Crippen molar-refractivity contribution in [1.29, 1.82) is 0 Å². The van der Waals surface area contributed by atoms with Crippen molar-refractivity contribution < 1.29 is 14.3 Å². The van der Waals surface area contributed by atoms with E-state index in [9.17, 15) is 9.59 Å². The van der Waals surface area contributed by atoms with Gasteiger partial charge in [0.1, 0.15) is 6.04 Å². The Morgan fingerprint density at radius 2 is 1.36 bits per heavy atom. The van der Waals surface area contributed by atoms with Crippen LogP contribution in [0, 0.1) is 5.92 Å². The molecule has 0 radical (unpaired) electrons. The Kier molecular flexibility index (Phi) is 17.2. The molecule has 0 heterocycles. The Bertz CT molecular complexity index is 402. The van der Waals surface area contributed by atoms with Crippen LogP contribution >= 0.6 is 0 Å². The number of hydrogen-bond acceptors (Lipinski definition) is 5. The van der Waals surface area contributed by atoms with Gasteiger partial charge in [-0.25, -0.2) is 0 Å². The molecular formula is C22H45N3O3. The Hall–Kier alpha value is -1.14. The fourth-order valence-corrected chi connectivity index (χ4v) is 3.36. The zero-order valence-corrected chi connectivity index (χ0v) is 18.8. The average molecular weight is 400 g/mol. The first-order chi connectivity index (χ1) is 13.4. The van der Waals surface area contributed by atoms with Gasteiger partial charge in [-0.15, -0.1) is 0 Å². The lowest BCUT2D eigenvalue weighted by atomic mass is 9.98. The molecule has 0 rings (SSSR count). The van der Waals surface area contributed by atoms with E-state index in [2.05, 4.69) is 17.0 Å². The van der Waals surface area contributed by atoms with Gasteiger partial charge in [-0.3, -0.25) is 9.59 Å². The number of amides is 1. The molecule has 0 bridgehead atoms. The zero-order valence-electron chi connectivity index (χ0n) is 18.8. The first kappa shape index (κ1) is 26.9. The molecule has 6 nitrogen and oxygen atoms in total. The SMILES string of the molecule is CCCCCCCCCCCCCCNC(=O)C(CN(C)C)[C@@H](N)C(=O)OC. The van der Waals surface area contributed by atoms with Crippen molar-refractivity contribution in [3.8, 4) is 0 Å². The summed E-state index contributed by atoms with van der Waals surface area (Å²) in [6, 6.07) is -0.936. The van der Waals surface area contributed by atoms with Gasteiger partial charge >= 0.3 is 5.97 Å². The van der Waals surface area contributed by atoms with E-state index in [0.29, 0.717) is 13.1 Å². The summed E-state index contributed by atoms with van der Waals surface area (Å²) >= 11 is 0. The molecule has 0 aliphatic rings. The largest absolute Gasteiger partial charge is 0.468 e. The lowest BCUT2D eigenvalue weighted by Crippen LogP contribution is -2.50. The predicted octanol–water partition coefficient (Wildman–Crippen LogP) is 3.48. The van der Waals surface area contributed by atoms with Gasteiger partial charge in [0.05, 0.1) is 13.0 Å². The number of esters is 1. The molecule has 166 valence electrons. The number of ether oxygens (including phenoxy) is 1. The summed E-state index contributed by atoms with van der Waals surface area (Å²) in [7, 11) is 5.00. The number of carbonyl (C=O) groups is 2. The molecule has 3 N–H and O–H groups in total. The predicted molar refractivity (Wildman–Crippen MR) is 116 cm³/mol. The lowest BCUT2D eigenvalue weighted by molar-refractivity contribution is -0.146. The molecule has 0 fully saturated rings. The molecule has 0 aromatic heterocycles. The summed E-state index contributed by atoms with van der Waals surface area (Å²) in [6.07, 6.45) is 15.5. The van der Waals surface area contributed by atoms with E-state index in [4.69, 9.17) is 5.73 Å². The van der Waals surface area contributed by atoms with E-state index >= 15 is 0 Å². The standard InChI is InChI=1S/C22H45N3O3/c1-5-6-7-8-9-10-11-12-13-14-15-16-17-24-21(26)19(18-25(2)3)20(23)22(27)28-4/h19-20H,5-18,23H2,1-4H3,(H,24,26)/t19?,20-/m1/s1. The van der Waals surface area contributed by atoms with Gasteiger partial charge in [0.15, 0.2) is 0 Å². The van der Waals surface area contributed by atoms with Crippen LogP contribution in [0.25, 0.3) is 0 Å². The first-order valence-corrected chi connectivity index (χ1v) is 11.2. The van der Waals surface area contributed by atoms with Crippen molar-refractivity contribution in [2.45, 2.75) is 90.0 Å². The maximum absolute atomic E-state index is 12.4. The minimum atomic E-state index is -0.936. The highest BCUT2D eigenvalue weighted by Gasteiger charge is 2.31. The highest BCUT2D eigenvalue weighted by Crippen LogP contribution is 2.12. The van der Waals surface area contributed by atoms with Crippen molar-refractivity contribution in [2.75, 3.05) is 34.3 Å². The number of nitrogens with two attached hydrogens (primary N) is 1. The topological polar surface area (TPSA) is 84.7 Å². The molecule has 28 heavy (non-hydrogen) atoms. The van der Waals surface area contributed by atoms with Crippen LogP contribution in [-0.4, -0.2) is 57.1 Å². The van der Waals surface area contributed by atoms with E-state index < -0.39 is 17.9 Å². The van der Waals surface area contributed by atoms with Crippen molar-refractivity contribution in [3.05, 3.63) is 0 Å². The van der Waals surface area contributed by atoms with E-state index in [-0.39, 0.29) is 5.91 Å². The lowest BCUT2D eigenvalue weighted by Gasteiger charge is -2.24. The quantitative estimate of drug-likeness (QED) is 0.272. The number of rotatable bonds is 18. The van der Waals surface area contributed by atoms with Crippen molar-refractivity contribution >= 4 is 11.9 Å². The average Bonchev–Trinajstić information content (AvgIpc) is 2.68. The fourth-order valence-electron chi connectivity index (χ4n) is 3.36. The molecule has 0 aliphatic heterocycles. The number of carbonyl (C=O) groups excluding carboxylic acids is 2. The van der Waals surface area contributed by atoms with E-state index in [1.54, 1.807) is 0 Å². The van der Waals surface area contributed by atoms with Crippen LogP contribution in [0.5, 0.6) is 0 Å². The Morgan fingerprint density at radius 3 is 1.79 bits per heavy atom. The third kappa shape index (κ3) is 13.9. The van der Waals surface area contributed by atoms with Gasteiger partial charge in [0.25, 0.3) is 0 Å². The first-order valence-electron chi connectivity index (χ1n) is 11.2. The molecule has 0 aliphatic carbocycles. The maximum atomic E-state index is 12.4. The van der Waals surface area contributed by atoms with Gasteiger partial charge in [-0.1, -0.05) is 77.6 Å². The third-order valence-corrected chi connectivity index (χ3v) is 5.14. The van der Waals surface area contributed by atoms with Crippen LogP contribution in [0.15, 0.2) is 0 Å². The number of unbranched alkanes of at least 4 members (excludes halogenated alkanes) is 11. The molecule has 1 unspecified atom stereocenters. The van der Waals surface area contributed by atoms with E-state index in [1.807, 2.05) is 19.0 Å². The summed E-state index contributed by atoms with van der Waals surface area (Å²) in [5, 5.41) is 2.93. The van der Waals surface area contributed by atoms with Crippen LogP contribution in [0.1, 0.15) is 84.0 Å². The molecule has 1 amide bonds. The van der Waals surface area contributed by atoms with Crippen molar-refractivity contribution in [3.63, 3.8) is 0 Å². The second kappa shape index (κ2) is 17.9. The van der Waals surface area contributed by atoms with Crippen molar-refractivity contribution in [1.82, 2.24) is 10.2 Å². The van der Waals surface area contributed by atoms with Crippen LogP contribution < -0.4 is 11.1 Å². The fraction of sp³-hybridized carbons (Fsp3) is 0.909. The normalized spacial score (nSPS) is 13.4. The summed E-state index contributed by atoms with van der Waals surface area (Å²) in [5.41, 5.74) is 5.90. The molecular weight excluding hydrogens is 354 g/mol. The van der Waals surface area contributed by atoms with Gasteiger partial charge in [0.2, 0.25) is 5.91 Å². The summed E-state index contributed by atoms with van der Waals surface area (Å²) in [4.78, 5) is 26.0. The molecule has 0 aromatic carbocycles. The van der Waals surface area contributed by atoms with Gasteiger partial charge < -0.3 is 20.7 Å². The summed E-state index contributed by atoms with van der Waals surface area (Å²) < 4.78 is 4.68. The Balaban J connectivity index is 3.79. The number of nitrogens with one attached hydrogen (secondary N) is 1. The molecule has 0 spiro atoms. The van der Waals surface area contributed by atoms with E-state index in [0.717, 1.165) is 12.8 Å². The van der Waals surface area contributed by atoms with Gasteiger partial charge in [0, 0.05) is 13.1 Å². The highest BCUT2D eigenvalue weighted by atomic mass is 16.5. The smallest absolute Gasteiger partial charge is 0.323 e. The monoisotopic (exact) mass is 399 g/mol.